The summed E-state index contributed by atoms with van der Waals surface area (Å²) in [6.07, 6.45) is 6.55. The predicted octanol–water partition coefficient (Wildman–Crippen LogP) is 3.18. The van der Waals surface area contributed by atoms with E-state index in [2.05, 4.69) is 4.99 Å². The van der Waals surface area contributed by atoms with Crippen molar-refractivity contribution in [3.8, 4) is 0 Å². The van der Waals surface area contributed by atoms with Crippen LogP contribution in [0.2, 0.25) is 0 Å². The Morgan fingerprint density at radius 1 is 1.25 bits per heavy atom. The van der Waals surface area contributed by atoms with E-state index in [1.807, 2.05) is 20.8 Å². The smallest absolute Gasteiger partial charge is 0.348 e. The molecule has 114 valence electrons. The van der Waals surface area contributed by atoms with E-state index < -0.39 is 12.0 Å². The predicted molar refractivity (Wildman–Crippen MR) is 80.0 cm³/mol. The molecule has 1 aliphatic carbocycles. The number of Topliss-reactive ketones (excluding diaryl/α,β-unsaturated/α-hetero) is 1. The molecule has 0 aliphatic heterocycles. The van der Waals surface area contributed by atoms with Crippen molar-refractivity contribution >= 4 is 18.0 Å². The molecule has 4 heteroatoms. The lowest BCUT2D eigenvalue weighted by Gasteiger charge is -2.21. The van der Waals surface area contributed by atoms with Crippen LogP contribution < -0.4 is 0 Å². The zero-order valence-corrected chi connectivity index (χ0v) is 13.1. The van der Waals surface area contributed by atoms with Crippen molar-refractivity contribution in [2.24, 2.45) is 16.3 Å². The minimum absolute atomic E-state index is 0.0625. The van der Waals surface area contributed by atoms with E-state index in [1.165, 1.54) is 6.42 Å². The largest absolute Gasteiger partial charge is 0.461 e. The quantitative estimate of drug-likeness (QED) is 0.574. The minimum Gasteiger partial charge on any atom is -0.461 e. The monoisotopic (exact) mass is 281 g/mol. The number of ketones is 1. The van der Waals surface area contributed by atoms with E-state index in [-0.39, 0.29) is 17.1 Å². The molecule has 1 rings (SSSR count). The fourth-order valence-corrected chi connectivity index (χ4v) is 2.30. The number of hydrogen-bond donors (Lipinski definition) is 0. The lowest BCUT2D eigenvalue weighted by molar-refractivity contribution is -0.137. The van der Waals surface area contributed by atoms with Gasteiger partial charge in [-0.1, -0.05) is 40.0 Å². The minimum atomic E-state index is -0.469. The van der Waals surface area contributed by atoms with Crippen molar-refractivity contribution in [2.75, 3.05) is 6.61 Å². The molecule has 1 atom stereocenters. The zero-order chi connectivity index (χ0) is 15.2. The summed E-state index contributed by atoms with van der Waals surface area (Å²) in [6.45, 7) is 8.08. The van der Waals surface area contributed by atoms with Crippen LogP contribution in [0.25, 0.3) is 0 Å². The van der Waals surface area contributed by atoms with Crippen LogP contribution in [0, 0.1) is 11.3 Å². The molecule has 1 fully saturated rings. The van der Waals surface area contributed by atoms with Gasteiger partial charge in [-0.2, -0.15) is 0 Å². The van der Waals surface area contributed by atoms with Crippen LogP contribution in [0.3, 0.4) is 0 Å². The van der Waals surface area contributed by atoms with Gasteiger partial charge in [0.05, 0.1) is 6.61 Å². The summed E-state index contributed by atoms with van der Waals surface area (Å²) >= 11 is 0. The Morgan fingerprint density at radius 3 is 2.40 bits per heavy atom. The standard InChI is InChI=1S/C16H27NO3/c1-12(15(19)13-8-6-5-7-9-13)17-10-14(18)20-11-16(2,3)4/h10,12-13H,5-9,11H2,1-4H3/t12-/m0/s1. The lowest BCUT2D eigenvalue weighted by Crippen LogP contribution is -2.27. The highest BCUT2D eigenvalue weighted by Gasteiger charge is 2.25. The fraction of sp³-hybridized carbons (Fsp3) is 0.812. The summed E-state index contributed by atoms with van der Waals surface area (Å²) in [4.78, 5) is 27.7. The maximum absolute atomic E-state index is 12.2. The van der Waals surface area contributed by atoms with E-state index in [1.54, 1.807) is 6.92 Å². The number of esters is 1. The Balaban J connectivity index is 2.39. The van der Waals surface area contributed by atoms with Crippen molar-refractivity contribution < 1.29 is 14.3 Å². The third-order valence-corrected chi connectivity index (χ3v) is 3.47. The molecule has 0 spiro atoms. The molecule has 0 amide bonds. The second kappa shape index (κ2) is 7.55. The average molecular weight is 281 g/mol. The maximum Gasteiger partial charge on any atom is 0.348 e. The van der Waals surface area contributed by atoms with E-state index in [4.69, 9.17) is 4.74 Å². The van der Waals surface area contributed by atoms with Gasteiger partial charge in [-0.25, -0.2) is 4.79 Å². The van der Waals surface area contributed by atoms with Gasteiger partial charge in [0, 0.05) is 5.92 Å². The van der Waals surface area contributed by atoms with Crippen molar-refractivity contribution in [2.45, 2.75) is 65.8 Å². The van der Waals surface area contributed by atoms with Gasteiger partial charge < -0.3 is 4.74 Å². The Kier molecular flexibility index (Phi) is 6.37. The number of hydrogen-bond acceptors (Lipinski definition) is 4. The summed E-state index contributed by atoms with van der Waals surface area (Å²) in [5.74, 6) is -0.186. The number of aliphatic imine (C=N–C) groups is 1. The molecule has 4 nitrogen and oxygen atoms in total. The summed E-state index contributed by atoms with van der Waals surface area (Å²) in [5, 5.41) is 0. The number of ether oxygens (including phenoxy) is 1. The second-order valence-electron chi connectivity index (χ2n) is 6.86. The summed E-state index contributed by atoms with van der Waals surface area (Å²) in [5.41, 5.74) is -0.0625. The number of rotatable bonds is 5. The highest BCUT2D eigenvalue weighted by atomic mass is 16.5. The first-order valence-electron chi connectivity index (χ1n) is 7.53. The third kappa shape index (κ3) is 6.31. The van der Waals surface area contributed by atoms with Crippen LogP contribution in [0.15, 0.2) is 4.99 Å². The average Bonchev–Trinajstić information content (AvgIpc) is 2.41. The van der Waals surface area contributed by atoms with Crippen molar-refractivity contribution in [3.63, 3.8) is 0 Å². The summed E-state index contributed by atoms with van der Waals surface area (Å²) in [6, 6.07) is -0.444. The van der Waals surface area contributed by atoms with Crippen LogP contribution in [-0.2, 0) is 14.3 Å². The molecule has 20 heavy (non-hydrogen) atoms. The van der Waals surface area contributed by atoms with Gasteiger partial charge in [0.1, 0.15) is 12.3 Å². The molecule has 0 N–H and O–H groups in total. The molecule has 0 heterocycles. The van der Waals surface area contributed by atoms with E-state index in [0.717, 1.165) is 31.9 Å². The molecule has 0 unspecified atom stereocenters. The Hall–Kier alpha value is -1.19. The van der Waals surface area contributed by atoms with Crippen molar-refractivity contribution in [3.05, 3.63) is 0 Å². The van der Waals surface area contributed by atoms with Gasteiger partial charge in [-0.3, -0.25) is 9.79 Å². The lowest BCUT2D eigenvalue weighted by atomic mass is 9.84. The first-order valence-corrected chi connectivity index (χ1v) is 7.53. The maximum atomic E-state index is 12.2. The van der Waals surface area contributed by atoms with Crippen LogP contribution >= 0.6 is 0 Å². The highest BCUT2D eigenvalue weighted by Crippen LogP contribution is 2.25. The van der Waals surface area contributed by atoms with Crippen LogP contribution in [0.5, 0.6) is 0 Å². The Bertz CT molecular complexity index is 362. The first-order chi connectivity index (χ1) is 9.29. The highest BCUT2D eigenvalue weighted by molar-refractivity contribution is 6.23. The van der Waals surface area contributed by atoms with Gasteiger partial charge in [0.25, 0.3) is 0 Å². The van der Waals surface area contributed by atoms with E-state index >= 15 is 0 Å². The summed E-state index contributed by atoms with van der Waals surface area (Å²) in [7, 11) is 0. The van der Waals surface area contributed by atoms with Gasteiger partial charge >= 0.3 is 5.97 Å². The van der Waals surface area contributed by atoms with Crippen LogP contribution in [0.1, 0.15) is 59.8 Å². The molecule has 0 radical (unpaired) electrons. The van der Waals surface area contributed by atoms with Crippen molar-refractivity contribution in [1.82, 2.24) is 0 Å². The topological polar surface area (TPSA) is 55.7 Å². The van der Waals surface area contributed by atoms with E-state index in [0.29, 0.717) is 6.61 Å². The van der Waals surface area contributed by atoms with Crippen molar-refractivity contribution in [1.29, 1.82) is 0 Å². The van der Waals surface area contributed by atoms with Crippen LogP contribution in [-0.4, -0.2) is 30.6 Å². The van der Waals surface area contributed by atoms with Gasteiger partial charge in [-0.15, -0.1) is 0 Å². The zero-order valence-electron chi connectivity index (χ0n) is 13.1. The molecule has 1 saturated carbocycles. The molecule has 0 saturated heterocycles. The fourth-order valence-electron chi connectivity index (χ4n) is 2.30. The van der Waals surface area contributed by atoms with Gasteiger partial charge in [0.15, 0.2) is 5.78 Å². The molecule has 0 aromatic heterocycles. The SMILES string of the molecule is C[C@H](N=CC(=O)OCC(C)(C)C)C(=O)C1CCCCC1. The molecule has 0 aromatic carbocycles. The van der Waals surface area contributed by atoms with Gasteiger partial charge in [0.2, 0.25) is 0 Å². The van der Waals surface area contributed by atoms with Gasteiger partial charge in [-0.05, 0) is 25.2 Å². The number of carbonyl (C=O) groups is 2. The molecule has 1 aliphatic rings. The number of nitrogens with zero attached hydrogens (tertiary/aromatic N) is 1. The van der Waals surface area contributed by atoms with E-state index in [9.17, 15) is 9.59 Å². The summed E-state index contributed by atoms with van der Waals surface area (Å²) < 4.78 is 5.08. The normalized spacial score (nSPS) is 19.0. The second-order valence-corrected chi connectivity index (χ2v) is 6.86. The van der Waals surface area contributed by atoms with Crippen LogP contribution in [0.4, 0.5) is 0 Å². The molecular weight excluding hydrogens is 254 g/mol. The molecule has 0 aromatic rings. The first kappa shape index (κ1) is 16.9. The number of carbonyl (C=O) groups excluding carboxylic acids is 2. The molecule has 0 bridgehead atoms. The molecular formula is C16H27NO3. The Morgan fingerprint density at radius 2 is 1.85 bits per heavy atom. The third-order valence-electron chi connectivity index (χ3n) is 3.47. The Labute approximate surface area is 122 Å².